The Labute approximate surface area is 120 Å². The van der Waals surface area contributed by atoms with Crippen LogP contribution in [-0.2, 0) is 6.42 Å². The largest absolute Gasteiger partial charge is 0.478 e. The summed E-state index contributed by atoms with van der Waals surface area (Å²) in [5.74, 6) is -0.680. The summed E-state index contributed by atoms with van der Waals surface area (Å²) in [5.41, 5.74) is 2.50. The minimum Gasteiger partial charge on any atom is -0.478 e. The maximum atomic E-state index is 11.6. The molecule has 3 rings (SSSR count). The van der Waals surface area contributed by atoms with Crippen molar-refractivity contribution in [3.05, 3.63) is 39.0 Å². The van der Waals surface area contributed by atoms with Gasteiger partial charge in [-0.2, -0.15) is 0 Å². The second-order valence-corrected chi connectivity index (χ2v) is 5.72. The summed E-state index contributed by atoms with van der Waals surface area (Å²) < 4.78 is 0. The Morgan fingerprint density at radius 3 is 2.84 bits per heavy atom. The lowest BCUT2D eigenvalue weighted by molar-refractivity contribution is 0.0698. The molecule has 1 heterocycles. The Morgan fingerprint density at radius 2 is 2.16 bits per heavy atom. The first-order valence-corrected chi connectivity index (χ1v) is 6.79. The zero-order valence-electron chi connectivity index (χ0n) is 10.2. The van der Waals surface area contributed by atoms with Crippen molar-refractivity contribution in [3.8, 4) is 0 Å². The fourth-order valence-corrected chi connectivity index (χ4v) is 3.29. The molecule has 98 valence electrons. The molecule has 1 aliphatic carbocycles. The monoisotopic (exact) mass is 295 g/mol. The van der Waals surface area contributed by atoms with E-state index >= 15 is 0 Å². The van der Waals surface area contributed by atoms with Crippen molar-refractivity contribution in [2.45, 2.75) is 25.7 Å². The highest BCUT2D eigenvalue weighted by Crippen LogP contribution is 2.39. The smallest absolute Gasteiger partial charge is 0.336 e. The molecular weight excluding hydrogens is 285 g/mol. The number of pyridine rings is 1. The number of carbonyl (C=O) groups is 1. The Hall–Kier alpha value is -1.32. The summed E-state index contributed by atoms with van der Waals surface area (Å²) in [6.07, 6.45) is 1.66. The molecule has 0 amide bonds. The van der Waals surface area contributed by atoms with E-state index < -0.39 is 5.97 Å². The number of fused-ring (bicyclic) bond motifs is 2. The van der Waals surface area contributed by atoms with Gasteiger partial charge in [0.15, 0.2) is 0 Å². The summed E-state index contributed by atoms with van der Waals surface area (Å²) in [6, 6.07) is 3.22. The lowest BCUT2D eigenvalue weighted by Crippen LogP contribution is -2.06. The highest BCUT2D eigenvalue weighted by molar-refractivity contribution is 6.38. The predicted octanol–water partition coefficient (Wildman–Crippen LogP) is 4.29. The highest BCUT2D eigenvalue weighted by atomic mass is 35.5. The van der Waals surface area contributed by atoms with Gasteiger partial charge in [0.1, 0.15) is 0 Å². The number of hydrogen-bond donors (Lipinski definition) is 1. The lowest BCUT2D eigenvalue weighted by Gasteiger charge is -2.11. The van der Waals surface area contributed by atoms with Crippen molar-refractivity contribution in [2.24, 2.45) is 0 Å². The van der Waals surface area contributed by atoms with Crippen LogP contribution in [0.25, 0.3) is 10.9 Å². The van der Waals surface area contributed by atoms with Gasteiger partial charge in [0, 0.05) is 16.1 Å². The molecule has 19 heavy (non-hydrogen) atoms. The Bertz CT molecular complexity index is 712. The molecule has 1 atom stereocenters. The van der Waals surface area contributed by atoms with Crippen LogP contribution in [0, 0.1) is 0 Å². The maximum absolute atomic E-state index is 11.6. The number of benzene rings is 1. The first-order valence-electron chi connectivity index (χ1n) is 6.04. The van der Waals surface area contributed by atoms with E-state index in [1.54, 1.807) is 12.1 Å². The molecule has 1 aromatic heterocycles. The molecule has 1 unspecified atom stereocenters. The van der Waals surface area contributed by atoms with Gasteiger partial charge < -0.3 is 5.11 Å². The number of aromatic carboxylic acids is 1. The molecule has 5 heteroatoms. The van der Waals surface area contributed by atoms with Gasteiger partial charge in [-0.15, -0.1) is 0 Å². The fraction of sp³-hybridized carbons (Fsp3) is 0.286. The average Bonchev–Trinajstić information content (AvgIpc) is 2.68. The topological polar surface area (TPSA) is 50.2 Å². The molecule has 1 aliphatic rings. The number of halogens is 2. The van der Waals surface area contributed by atoms with Gasteiger partial charge in [-0.3, -0.25) is 4.98 Å². The van der Waals surface area contributed by atoms with E-state index in [1.807, 2.05) is 0 Å². The molecular formula is C14H11Cl2NO2. The van der Waals surface area contributed by atoms with Gasteiger partial charge >= 0.3 is 5.97 Å². The van der Waals surface area contributed by atoms with Crippen molar-refractivity contribution < 1.29 is 9.90 Å². The van der Waals surface area contributed by atoms with Crippen LogP contribution in [0.3, 0.4) is 0 Å². The summed E-state index contributed by atoms with van der Waals surface area (Å²) in [5, 5.41) is 10.8. The SMILES string of the molecule is CC1CCc2c1nc1c(Cl)cc(Cl)cc1c2C(=O)O. The van der Waals surface area contributed by atoms with Crippen molar-refractivity contribution in [3.63, 3.8) is 0 Å². The summed E-state index contributed by atoms with van der Waals surface area (Å²) in [6.45, 7) is 2.06. The number of aromatic nitrogens is 1. The molecule has 0 spiro atoms. The molecule has 0 radical (unpaired) electrons. The van der Waals surface area contributed by atoms with Crippen LogP contribution < -0.4 is 0 Å². The van der Waals surface area contributed by atoms with Crippen molar-refractivity contribution in [1.82, 2.24) is 4.98 Å². The van der Waals surface area contributed by atoms with Gasteiger partial charge in [0.05, 0.1) is 16.1 Å². The molecule has 3 nitrogen and oxygen atoms in total. The molecule has 1 N–H and O–H groups in total. The predicted molar refractivity (Wildman–Crippen MR) is 75.5 cm³/mol. The van der Waals surface area contributed by atoms with Crippen molar-refractivity contribution in [1.29, 1.82) is 0 Å². The number of nitrogens with zero attached hydrogens (tertiary/aromatic N) is 1. The van der Waals surface area contributed by atoms with E-state index in [1.165, 1.54) is 0 Å². The summed E-state index contributed by atoms with van der Waals surface area (Å²) in [4.78, 5) is 16.2. The van der Waals surface area contributed by atoms with Crippen LogP contribution in [0.5, 0.6) is 0 Å². The average molecular weight is 296 g/mol. The number of hydrogen-bond acceptors (Lipinski definition) is 2. The lowest BCUT2D eigenvalue weighted by atomic mass is 10.0. The van der Waals surface area contributed by atoms with Crippen LogP contribution in [0.15, 0.2) is 12.1 Å². The number of rotatable bonds is 1. The zero-order valence-corrected chi connectivity index (χ0v) is 11.7. The van der Waals surface area contributed by atoms with Crippen LogP contribution >= 0.6 is 23.2 Å². The van der Waals surface area contributed by atoms with E-state index in [0.717, 1.165) is 24.1 Å². The molecule has 0 saturated carbocycles. The van der Waals surface area contributed by atoms with E-state index in [0.29, 0.717) is 26.5 Å². The normalized spacial score (nSPS) is 17.7. The Morgan fingerprint density at radius 1 is 1.42 bits per heavy atom. The van der Waals surface area contributed by atoms with E-state index in [-0.39, 0.29) is 5.92 Å². The van der Waals surface area contributed by atoms with Crippen LogP contribution in [0.1, 0.15) is 40.9 Å². The molecule has 1 aromatic carbocycles. The van der Waals surface area contributed by atoms with E-state index in [4.69, 9.17) is 23.2 Å². The molecule has 0 saturated heterocycles. The second kappa shape index (κ2) is 4.36. The van der Waals surface area contributed by atoms with Crippen LogP contribution in [0.2, 0.25) is 10.0 Å². The quantitative estimate of drug-likeness (QED) is 0.854. The molecule has 0 aliphatic heterocycles. The third kappa shape index (κ3) is 1.88. The first-order chi connectivity index (χ1) is 8.99. The third-order valence-electron chi connectivity index (χ3n) is 3.65. The zero-order chi connectivity index (χ0) is 13.7. The first kappa shape index (κ1) is 12.7. The van der Waals surface area contributed by atoms with Gasteiger partial charge in [-0.25, -0.2) is 4.79 Å². The van der Waals surface area contributed by atoms with Gasteiger partial charge in [-0.1, -0.05) is 30.1 Å². The number of carboxylic acid groups (broad SMARTS) is 1. The summed E-state index contributed by atoms with van der Waals surface area (Å²) >= 11 is 12.1. The standard InChI is InChI=1S/C14H11Cl2NO2/c1-6-2-3-8-11(14(18)19)9-4-7(15)5-10(16)13(9)17-12(6)8/h4-6H,2-3H2,1H3,(H,18,19). The van der Waals surface area contributed by atoms with Crippen LogP contribution in [-0.4, -0.2) is 16.1 Å². The highest BCUT2D eigenvalue weighted by Gasteiger charge is 2.28. The van der Waals surface area contributed by atoms with Crippen LogP contribution in [0.4, 0.5) is 0 Å². The van der Waals surface area contributed by atoms with E-state index in [9.17, 15) is 9.90 Å². The molecule has 0 bridgehead atoms. The minimum absolute atomic E-state index is 0.268. The van der Waals surface area contributed by atoms with Crippen molar-refractivity contribution >= 4 is 40.1 Å². The van der Waals surface area contributed by atoms with Gasteiger partial charge in [0.25, 0.3) is 0 Å². The van der Waals surface area contributed by atoms with Gasteiger partial charge in [-0.05, 0) is 36.5 Å². The van der Waals surface area contributed by atoms with E-state index in [2.05, 4.69) is 11.9 Å². The fourth-order valence-electron chi connectivity index (χ4n) is 2.75. The molecule has 2 aromatic rings. The van der Waals surface area contributed by atoms with Crippen molar-refractivity contribution in [2.75, 3.05) is 0 Å². The minimum atomic E-state index is -0.948. The second-order valence-electron chi connectivity index (χ2n) is 4.88. The Balaban J connectivity index is 2.49. The third-order valence-corrected chi connectivity index (χ3v) is 4.16. The molecule has 0 fully saturated rings. The summed E-state index contributed by atoms with van der Waals surface area (Å²) in [7, 11) is 0. The van der Waals surface area contributed by atoms with Gasteiger partial charge in [0.2, 0.25) is 0 Å². The Kier molecular flexibility index (Phi) is 2.91. The maximum Gasteiger partial charge on any atom is 0.336 e. The number of carboxylic acids is 1.